The zero-order valence-electron chi connectivity index (χ0n) is 11.4. The molecule has 1 heterocycles. The van der Waals surface area contributed by atoms with Gasteiger partial charge < -0.3 is 19.8 Å². The van der Waals surface area contributed by atoms with Crippen LogP contribution in [-0.4, -0.2) is 26.2 Å². The summed E-state index contributed by atoms with van der Waals surface area (Å²) in [4.78, 5) is 13.7. The summed E-state index contributed by atoms with van der Waals surface area (Å²) in [5.41, 5.74) is 7.87. The molecule has 0 fully saturated rings. The molecule has 19 heavy (non-hydrogen) atoms. The number of nitrogens with two attached hydrogens (primary N) is 1. The van der Waals surface area contributed by atoms with Crippen molar-refractivity contribution in [2.45, 2.75) is 13.8 Å². The maximum atomic E-state index is 11.5. The molecule has 0 aliphatic carbocycles. The zero-order chi connectivity index (χ0) is 14.0. The number of fused-ring (bicyclic) bond motifs is 1. The molecule has 2 aromatic rings. The van der Waals surface area contributed by atoms with Crippen molar-refractivity contribution < 1.29 is 13.9 Å². The van der Waals surface area contributed by atoms with Crippen LogP contribution in [0.3, 0.4) is 0 Å². The molecule has 102 valence electrons. The number of anilines is 2. The summed E-state index contributed by atoms with van der Waals surface area (Å²) in [7, 11) is 1.30. The van der Waals surface area contributed by atoms with Crippen LogP contribution >= 0.6 is 0 Å². The monoisotopic (exact) mass is 262 g/mol. The van der Waals surface area contributed by atoms with Crippen molar-refractivity contribution in [2.75, 3.05) is 30.8 Å². The normalized spacial score (nSPS) is 10.7. The molecule has 0 unspecified atom stereocenters. The third-order valence-corrected chi connectivity index (χ3v) is 3.21. The fourth-order valence-corrected chi connectivity index (χ4v) is 2.13. The molecule has 0 atom stereocenters. The number of furan rings is 1. The summed E-state index contributed by atoms with van der Waals surface area (Å²) in [6, 6.07) is 5.74. The van der Waals surface area contributed by atoms with E-state index in [0.29, 0.717) is 11.3 Å². The SMILES string of the molecule is CCN(CC)c1ccc2c(N)c(C(=O)OC)oc2c1. The van der Waals surface area contributed by atoms with Gasteiger partial charge in [0.05, 0.1) is 12.8 Å². The van der Waals surface area contributed by atoms with Crippen molar-refractivity contribution >= 4 is 28.3 Å². The summed E-state index contributed by atoms with van der Waals surface area (Å²) in [6.07, 6.45) is 0. The molecular weight excluding hydrogens is 244 g/mol. The van der Waals surface area contributed by atoms with Gasteiger partial charge in [0.15, 0.2) is 0 Å². The summed E-state index contributed by atoms with van der Waals surface area (Å²) in [5.74, 6) is -0.493. The minimum Gasteiger partial charge on any atom is -0.463 e. The van der Waals surface area contributed by atoms with Crippen LogP contribution in [0.2, 0.25) is 0 Å². The third kappa shape index (κ3) is 2.23. The maximum Gasteiger partial charge on any atom is 0.376 e. The summed E-state index contributed by atoms with van der Waals surface area (Å²) in [5, 5.41) is 0.733. The van der Waals surface area contributed by atoms with Gasteiger partial charge in [-0.3, -0.25) is 0 Å². The van der Waals surface area contributed by atoms with E-state index in [2.05, 4.69) is 23.5 Å². The first-order valence-electron chi connectivity index (χ1n) is 6.27. The Morgan fingerprint density at radius 2 is 2.05 bits per heavy atom. The van der Waals surface area contributed by atoms with Crippen LogP contribution in [0.15, 0.2) is 22.6 Å². The second-order valence-electron chi connectivity index (χ2n) is 4.19. The standard InChI is InChI=1S/C14H18N2O3/c1-4-16(5-2)9-6-7-10-11(8-9)19-13(12(10)15)14(17)18-3/h6-8H,4-5,15H2,1-3H3. The topological polar surface area (TPSA) is 68.7 Å². The molecule has 2 N–H and O–H groups in total. The Morgan fingerprint density at radius 1 is 1.37 bits per heavy atom. The molecule has 1 aromatic carbocycles. The third-order valence-electron chi connectivity index (χ3n) is 3.21. The van der Waals surface area contributed by atoms with Gasteiger partial charge in [-0.15, -0.1) is 0 Å². The molecule has 0 amide bonds. The Morgan fingerprint density at radius 3 is 2.63 bits per heavy atom. The van der Waals surface area contributed by atoms with E-state index in [0.717, 1.165) is 24.2 Å². The molecule has 0 aliphatic heterocycles. The highest BCUT2D eigenvalue weighted by atomic mass is 16.5. The minimum absolute atomic E-state index is 0.0641. The van der Waals surface area contributed by atoms with Crippen LogP contribution in [-0.2, 0) is 4.74 Å². The number of ether oxygens (including phenoxy) is 1. The molecule has 5 nitrogen and oxygen atoms in total. The summed E-state index contributed by atoms with van der Waals surface area (Å²) >= 11 is 0. The molecular formula is C14H18N2O3. The van der Waals surface area contributed by atoms with E-state index in [1.165, 1.54) is 7.11 Å². The van der Waals surface area contributed by atoms with Crippen molar-refractivity contribution in [1.82, 2.24) is 0 Å². The van der Waals surface area contributed by atoms with Crippen LogP contribution in [0.25, 0.3) is 11.0 Å². The van der Waals surface area contributed by atoms with Crippen molar-refractivity contribution in [1.29, 1.82) is 0 Å². The lowest BCUT2D eigenvalue weighted by molar-refractivity contribution is 0.0569. The van der Waals surface area contributed by atoms with Gasteiger partial charge in [-0.2, -0.15) is 0 Å². The van der Waals surface area contributed by atoms with Gasteiger partial charge in [-0.25, -0.2) is 4.79 Å². The second-order valence-corrected chi connectivity index (χ2v) is 4.19. The van der Waals surface area contributed by atoms with Gasteiger partial charge in [0.1, 0.15) is 5.58 Å². The van der Waals surface area contributed by atoms with E-state index in [1.54, 1.807) is 0 Å². The Labute approximate surface area is 111 Å². The molecule has 2 rings (SSSR count). The van der Waals surface area contributed by atoms with Crippen LogP contribution < -0.4 is 10.6 Å². The van der Waals surface area contributed by atoms with Gasteiger partial charge in [0, 0.05) is 30.2 Å². The molecule has 1 aromatic heterocycles. The van der Waals surface area contributed by atoms with Gasteiger partial charge in [0.25, 0.3) is 0 Å². The molecule has 0 saturated carbocycles. The van der Waals surface area contributed by atoms with Crippen molar-refractivity contribution in [3.05, 3.63) is 24.0 Å². The summed E-state index contributed by atoms with van der Waals surface area (Å²) in [6.45, 7) is 5.98. The second kappa shape index (κ2) is 5.22. The van der Waals surface area contributed by atoms with E-state index in [9.17, 15) is 4.79 Å². The van der Waals surface area contributed by atoms with E-state index < -0.39 is 5.97 Å². The highest BCUT2D eigenvalue weighted by Gasteiger charge is 2.19. The first-order chi connectivity index (χ1) is 9.12. The largest absolute Gasteiger partial charge is 0.463 e. The predicted molar refractivity (Wildman–Crippen MR) is 75.5 cm³/mol. The number of esters is 1. The van der Waals surface area contributed by atoms with Crippen molar-refractivity contribution in [3.63, 3.8) is 0 Å². The predicted octanol–water partition coefficient (Wildman–Crippen LogP) is 2.65. The van der Waals surface area contributed by atoms with Crippen LogP contribution in [0.4, 0.5) is 11.4 Å². The van der Waals surface area contributed by atoms with Gasteiger partial charge >= 0.3 is 5.97 Å². The van der Waals surface area contributed by atoms with E-state index in [-0.39, 0.29) is 5.76 Å². The number of nitrogens with zero attached hydrogens (tertiary/aromatic N) is 1. The lowest BCUT2D eigenvalue weighted by atomic mass is 10.2. The maximum absolute atomic E-state index is 11.5. The van der Waals surface area contributed by atoms with Crippen LogP contribution in [0.1, 0.15) is 24.4 Å². The molecule has 0 saturated heterocycles. The Kier molecular flexibility index (Phi) is 3.64. The van der Waals surface area contributed by atoms with Gasteiger partial charge in [-0.05, 0) is 26.0 Å². The fourth-order valence-electron chi connectivity index (χ4n) is 2.13. The van der Waals surface area contributed by atoms with Gasteiger partial charge in [0.2, 0.25) is 5.76 Å². The Hall–Kier alpha value is -2.17. The fraction of sp³-hybridized carbons (Fsp3) is 0.357. The van der Waals surface area contributed by atoms with Crippen molar-refractivity contribution in [3.8, 4) is 0 Å². The number of benzene rings is 1. The molecule has 0 bridgehead atoms. The number of methoxy groups -OCH3 is 1. The number of carbonyl (C=O) groups is 1. The molecule has 0 spiro atoms. The number of hydrogen-bond donors (Lipinski definition) is 1. The number of rotatable bonds is 4. The lowest BCUT2D eigenvalue weighted by Crippen LogP contribution is -2.21. The van der Waals surface area contributed by atoms with Crippen molar-refractivity contribution in [2.24, 2.45) is 0 Å². The highest BCUT2D eigenvalue weighted by Crippen LogP contribution is 2.31. The average Bonchev–Trinajstić information content (AvgIpc) is 2.76. The molecule has 0 aliphatic rings. The lowest BCUT2D eigenvalue weighted by Gasteiger charge is -2.20. The number of hydrogen-bond acceptors (Lipinski definition) is 5. The molecule has 5 heteroatoms. The quantitative estimate of drug-likeness (QED) is 0.858. The summed E-state index contributed by atoms with van der Waals surface area (Å²) < 4.78 is 10.1. The van der Waals surface area contributed by atoms with Crippen LogP contribution in [0.5, 0.6) is 0 Å². The smallest absolute Gasteiger partial charge is 0.376 e. The Bertz CT molecular complexity index is 600. The van der Waals surface area contributed by atoms with E-state index in [1.807, 2.05) is 18.2 Å². The highest BCUT2D eigenvalue weighted by molar-refractivity contribution is 6.03. The number of nitrogen functional groups attached to an aromatic ring is 1. The first-order valence-corrected chi connectivity index (χ1v) is 6.27. The average molecular weight is 262 g/mol. The Balaban J connectivity index is 2.52. The minimum atomic E-state index is -0.557. The van der Waals surface area contributed by atoms with Crippen LogP contribution in [0, 0.1) is 0 Å². The van der Waals surface area contributed by atoms with E-state index in [4.69, 9.17) is 10.2 Å². The molecule has 0 radical (unpaired) electrons. The van der Waals surface area contributed by atoms with E-state index >= 15 is 0 Å². The zero-order valence-corrected chi connectivity index (χ0v) is 11.4. The van der Waals surface area contributed by atoms with Gasteiger partial charge in [-0.1, -0.05) is 0 Å². The number of carbonyl (C=O) groups excluding carboxylic acids is 1. The first kappa shape index (κ1) is 13.3.